The number of nitrogen functional groups attached to an aromatic ring is 1. The van der Waals surface area contributed by atoms with Gasteiger partial charge in [-0.05, 0) is 18.2 Å². The molecule has 5 heteroatoms. The van der Waals surface area contributed by atoms with Crippen molar-refractivity contribution in [3.63, 3.8) is 0 Å². The van der Waals surface area contributed by atoms with Gasteiger partial charge in [0.05, 0.1) is 29.1 Å². The zero-order chi connectivity index (χ0) is 10.7. The first-order valence-electron chi connectivity index (χ1n) is 4.41. The molecule has 0 aliphatic rings. The van der Waals surface area contributed by atoms with Gasteiger partial charge in [0, 0.05) is 5.38 Å². The molecule has 78 valence electrons. The molecular formula is C10H10FN3S. The van der Waals surface area contributed by atoms with Crippen LogP contribution in [-0.2, 0) is 6.54 Å². The molecule has 1 aromatic heterocycles. The number of anilines is 2. The predicted octanol–water partition coefficient (Wildman–Crippen LogP) is 2.48. The number of hydrogen-bond donors (Lipinski definition) is 2. The highest BCUT2D eigenvalue weighted by Gasteiger charge is 2.01. The number of rotatable bonds is 3. The first kappa shape index (κ1) is 9.92. The molecule has 0 aliphatic heterocycles. The molecular weight excluding hydrogens is 213 g/mol. The summed E-state index contributed by atoms with van der Waals surface area (Å²) >= 11 is 1.53. The van der Waals surface area contributed by atoms with Crippen LogP contribution in [0.25, 0.3) is 0 Å². The molecule has 0 aliphatic carbocycles. The maximum Gasteiger partial charge on any atom is 0.125 e. The van der Waals surface area contributed by atoms with E-state index in [4.69, 9.17) is 5.73 Å². The lowest BCUT2D eigenvalue weighted by atomic mass is 10.2. The second kappa shape index (κ2) is 4.27. The molecule has 0 saturated carbocycles. The number of benzene rings is 1. The molecule has 0 fully saturated rings. The van der Waals surface area contributed by atoms with E-state index in [-0.39, 0.29) is 5.82 Å². The molecule has 1 aromatic carbocycles. The van der Waals surface area contributed by atoms with Crippen molar-refractivity contribution in [1.82, 2.24) is 4.98 Å². The van der Waals surface area contributed by atoms with Gasteiger partial charge in [-0.3, -0.25) is 0 Å². The molecule has 0 amide bonds. The molecule has 2 aromatic rings. The van der Waals surface area contributed by atoms with Crippen molar-refractivity contribution in [3.8, 4) is 0 Å². The SMILES string of the molecule is Nc1ccc(F)cc1NCc1cscn1. The quantitative estimate of drug-likeness (QED) is 0.786. The summed E-state index contributed by atoms with van der Waals surface area (Å²) in [5.41, 5.74) is 9.49. The largest absolute Gasteiger partial charge is 0.397 e. The summed E-state index contributed by atoms with van der Waals surface area (Å²) in [4.78, 5) is 4.10. The summed E-state index contributed by atoms with van der Waals surface area (Å²) in [5, 5.41) is 4.97. The normalized spacial score (nSPS) is 10.2. The van der Waals surface area contributed by atoms with E-state index >= 15 is 0 Å². The third-order valence-corrected chi connectivity index (χ3v) is 2.59. The van der Waals surface area contributed by atoms with Gasteiger partial charge in [-0.15, -0.1) is 11.3 Å². The number of nitrogens with one attached hydrogen (secondary N) is 1. The highest BCUT2D eigenvalue weighted by atomic mass is 32.1. The smallest absolute Gasteiger partial charge is 0.125 e. The van der Waals surface area contributed by atoms with E-state index < -0.39 is 0 Å². The van der Waals surface area contributed by atoms with Gasteiger partial charge in [0.15, 0.2) is 0 Å². The Morgan fingerprint density at radius 3 is 3.07 bits per heavy atom. The Balaban J connectivity index is 2.07. The van der Waals surface area contributed by atoms with Gasteiger partial charge < -0.3 is 11.1 Å². The number of nitrogens with zero attached hydrogens (tertiary/aromatic N) is 1. The van der Waals surface area contributed by atoms with Crippen LogP contribution in [0.4, 0.5) is 15.8 Å². The lowest BCUT2D eigenvalue weighted by Crippen LogP contribution is -2.02. The highest BCUT2D eigenvalue weighted by Crippen LogP contribution is 2.19. The van der Waals surface area contributed by atoms with Crippen molar-refractivity contribution in [2.75, 3.05) is 11.1 Å². The van der Waals surface area contributed by atoms with E-state index in [0.29, 0.717) is 17.9 Å². The Hall–Kier alpha value is -1.62. The van der Waals surface area contributed by atoms with Gasteiger partial charge >= 0.3 is 0 Å². The summed E-state index contributed by atoms with van der Waals surface area (Å²) in [5.74, 6) is -0.301. The van der Waals surface area contributed by atoms with Crippen LogP contribution in [-0.4, -0.2) is 4.98 Å². The fourth-order valence-corrected chi connectivity index (χ4v) is 1.75. The minimum absolute atomic E-state index is 0.301. The zero-order valence-electron chi connectivity index (χ0n) is 7.90. The molecule has 0 bridgehead atoms. The minimum atomic E-state index is -0.301. The van der Waals surface area contributed by atoms with Crippen molar-refractivity contribution in [2.24, 2.45) is 0 Å². The summed E-state index contributed by atoms with van der Waals surface area (Å²) < 4.78 is 12.9. The van der Waals surface area contributed by atoms with Gasteiger partial charge in [0.1, 0.15) is 5.82 Å². The first-order chi connectivity index (χ1) is 7.25. The van der Waals surface area contributed by atoms with Crippen molar-refractivity contribution >= 4 is 22.7 Å². The van der Waals surface area contributed by atoms with Crippen LogP contribution < -0.4 is 11.1 Å². The Morgan fingerprint density at radius 2 is 2.33 bits per heavy atom. The van der Waals surface area contributed by atoms with Gasteiger partial charge in [-0.25, -0.2) is 9.37 Å². The number of halogens is 1. The summed E-state index contributed by atoms with van der Waals surface area (Å²) in [7, 11) is 0. The average Bonchev–Trinajstić information content (AvgIpc) is 2.72. The van der Waals surface area contributed by atoms with Crippen LogP contribution in [0.15, 0.2) is 29.1 Å². The van der Waals surface area contributed by atoms with Crippen molar-refractivity contribution < 1.29 is 4.39 Å². The number of thiazole rings is 1. The van der Waals surface area contributed by atoms with Gasteiger partial charge in [-0.1, -0.05) is 0 Å². The Bertz CT molecular complexity index is 442. The second-order valence-corrected chi connectivity index (χ2v) is 3.78. The molecule has 1 heterocycles. The first-order valence-corrected chi connectivity index (χ1v) is 5.36. The van der Waals surface area contributed by atoms with Crippen molar-refractivity contribution in [1.29, 1.82) is 0 Å². The predicted molar refractivity (Wildman–Crippen MR) is 60.3 cm³/mol. The molecule has 15 heavy (non-hydrogen) atoms. The lowest BCUT2D eigenvalue weighted by Gasteiger charge is -2.07. The third kappa shape index (κ3) is 2.44. The molecule has 3 N–H and O–H groups in total. The van der Waals surface area contributed by atoms with E-state index in [0.717, 1.165) is 5.69 Å². The topological polar surface area (TPSA) is 50.9 Å². The third-order valence-electron chi connectivity index (χ3n) is 1.96. The van der Waals surface area contributed by atoms with Gasteiger partial charge in [-0.2, -0.15) is 0 Å². The Kier molecular flexibility index (Phi) is 2.82. The molecule has 3 nitrogen and oxygen atoms in total. The summed E-state index contributed by atoms with van der Waals surface area (Å²) in [6.07, 6.45) is 0. The number of aromatic nitrogens is 1. The zero-order valence-corrected chi connectivity index (χ0v) is 8.72. The molecule has 0 atom stereocenters. The van der Waals surface area contributed by atoms with E-state index in [1.807, 2.05) is 5.38 Å². The van der Waals surface area contributed by atoms with Crippen LogP contribution >= 0.6 is 11.3 Å². The Labute approximate surface area is 90.8 Å². The van der Waals surface area contributed by atoms with Crippen LogP contribution in [0.5, 0.6) is 0 Å². The monoisotopic (exact) mass is 223 g/mol. The van der Waals surface area contributed by atoms with Gasteiger partial charge in [0.2, 0.25) is 0 Å². The number of hydrogen-bond acceptors (Lipinski definition) is 4. The van der Waals surface area contributed by atoms with Crippen molar-refractivity contribution in [3.05, 3.63) is 40.6 Å². The van der Waals surface area contributed by atoms with Crippen LogP contribution in [0.3, 0.4) is 0 Å². The van der Waals surface area contributed by atoms with Crippen LogP contribution in [0, 0.1) is 5.82 Å². The fraction of sp³-hybridized carbons (Fsp3) is 0.100. The van der Waals surface area contributed by atoms with Crippen molar-refractivity contribution in [2.45, 2.75) is 6.54 Å². The molecule has 0 unspecified atom stereocenters. The van der Waals surface area contributed by atoms with E-state index in [9.17, 15) is 4.39 Å². The summed E-state index contributed by atoms with van der Waals surface area (Å²) in [6, 6.07) is 4.25. The lowest BCUT2D eigenvalue weighted by molar-refractivity contribution is 0.628. The van der Waals surface area contributed by atoms with E-state index in [1.165, 1.54) is 23.5 Å². The number of nitrogens with two attached hydrogens (primary N) is 1. The van der Waals surface area contributed by atoms with Crippen LogP contribution in [0.2, 0.25) is 0 Å². The standard InChI is InChI=1S/C10H10FN3S/c11-7-1-2-9(12)10(3-7)13-4-8-5-15-6-14-8/h1-3,5-6,13H,4,12H2. The molecule has 0 radical (unpaired) electrons. The van der Waals surface area contributed by atoms with Crippen LogP contribution in [0.1, 0.15) is 5.69 Å². The summed E-state index contributed by atoms with van der Waals surface area (Å²) in [6.45, 7) is 0.553. The fourth-order valence-electron chi connectivity index (χ4n) is 1.19. The average molecular weight is 223 g/mol. The molecule has 2 rings (SSSR count). The second-order valence-electron chi connectivity index (χ2n) is 3.06. The van der Waals surface area contributed by atoms with Gasteiger partial charge in [0.25, 0.3) is 0 Å². The van der Waals surface area contributed by atoms with E-state index in [2.05, 4.69) is 10.3 Å². The molecule has 0 saturated heterocycles. The maximum absolute atomic E-state index is 12.9. The Morgan fingerprint density at radius 1 is 1.47 bits per heavy atom. The molecule has 0 spiro atoms. The maximum atomic E-state index is 12.9. The van der Waals surface area contributed by atoms with E-state index in [1.54, 1.807) is 11.6 Å². The minimum Gasteiger partial charge on any atom is -0.397 e. The highest BCUT2D eigenvalue weighted by molar-refractivity contribution is 7.07.